The Morgan fingerprint density at radius 1 is 1.32 bits per heavy atom. The number of halogens is 1. The highest BCUT2D eigenvalue weighted by Gasteiger charge is 2.13. The van der Waals surface area contributed by atoms with Crippen molar-refractivity contribution in [3.05, 3.63) is 53.3 Å². The number of para-hydroxylation sites is 1. The van der Waals surface area contributed by atoms with Crippen LogP contribution in [0, 0.1) is 12.7 Å². The number of nitrogen functional groups attached to an aromatic ring is 1. The Balaban J connectivity index is 2.26. The standard InChI is InChI=1S/C14H13FN2O2/c1-8-3-2-4-10(13(8)18)14(19)17-9-5-6-11(15)12(16)7-9/h2-7,18H,16H2,1H3,(H,17,19). The van der Waals surface area contributed by atoms with Crippen molar-refractivity contribution >= 4 is 17.3 Å². The van der Waals surface area contributed by atoms with Crippen molar-refractivity contribution in [2.75, 3.05) is 11.1 Å². The summed E-state index contributed by atoms with van der Waals surface area (Å²) in [5.74, 6) is -1.10. The Morgan fingerprint density at radius 2 is 2.05 bits per heavy atom. The van der Waals surface area contributed by atoms with E-state index in [0.717, 1.165) is 0 Å². The predicted octanol–water partition coefficient (Wildman–Crippen LogP) is 2.67. The van der Waals surface area contributed by atoms with Gasteiger partial charge < -0.3 is 16.2 Å². The van der Waals surface area contributed by atoms with Crippen LogP contribution in [0.4, 0.5) is 15.8 Å². The monoisotopic (exact) mass is 260 g/mol. The van der Waals surface area contributed by atoms with Crippen LogP contribution in [0.1, 0.15) is 15.9 Å². The maximum Gasteiger partial charge on any atom is 0.259 e. The first-order valence-electron chi connectivity index (χ1n) is 5.64. The quantitative estimate of drug-likeness (QED) is 0.727. The molecule has 0 aliphatic carbocycles. The van der Waals surface area contributed by atoms with Crippen LogP contribution in [0.3, 0.4) is 0 Å². The van der Waals surface area contributed by atoms with Crippen molar-refractivity contribution in [2.24, 2.45) is 0 Å². The Bertz CT molecular complexity index is 641. The smallest absolute Gasteiger partial charge is 0.259 e. The number of nitrogens with one attached hydrogen (secondary N) is 1. The summed E-state index contributed by atoms with van der Waals surface area (Å²) < 4.78 is 13.0. The summed E-state index contributed by atoms with van der Waals surface area (Å²) in [5.41, 5.74) is 6.49. The summed E-state index contributed by atoms with van der Waals surface area (Å²) in [7, 11) is 0. The van der Waals surface area contributed by atoms with Crippen molar-refractivity contribution in [3.63, 3.8) is 0 Å². The van der Waals surface area contributed by atoms with Crippen LogP contribution in [0.5, 0.6) is 5.75 Å². The maximum absolute atomic E-state index is 13.0. The second kappa shape index (κ2) is 4.97. The highest BCUT2D eigenvalue weighted by molar-refractivity contribution is 6.06. The lowest BCUT2D eigenvalue weighted by Crippen LogP contribution is -2.12. The molecule has 2 aromatic carbocycles. The van der Waals surface area contributed by atoms with E-state index in [2.05, 4.69) is 5.32 Å². The number of carbonyl (C=O) groups excluding carboxylic acids is 1. The normalized spacial score (nSPS) is 10.2. The van der Waals surface area contributed by atoms with E-state index < -0.39 is 11.7 Å². The zero-order valence-corrected chi connectivity index (χ0v) is 10.3. The number of phenols is 1. The van der Waals surface area contributed by atoms with Gasteiger partial charge in [-0.25, -0.2) is 4.39 Å². The number of hydrogen-bond donors (Lipinski definition) is 3. The summed E-state index contributed by atoms with van der Waals surface area (Å²) in [6.07, 6.45) is 0. The van der Waals surface area contributed by atoms with Crippen molar-refractivity contribution < 1.29 is 14.3 Å². The molecule has 0 radical (unpaired) electrons. The summed E-state index contributed by atoms with van der Waals surface area (Å²) in [6, 6.07) is 8.76. The molecule has 1 amide bonds. The van der Waals surface area contributed by atoms with Gasteiger partial charge in [-0.3, -0.25) is 4.79 Å². The van der Waals surface area contributed by atoms with Gasteiger partial charge in [0.15, 0.2) is 0 Å². The summed E-state index contributed by atoms with van der Waals surface area (Å²) in [6.45, 7) is 1.70. The molecule has 0 spiro atoms. The Kier molecular flexibility index (Phi) is 3.37. The SMILES string of the molecule is Cc1cccc(C(=O)Nc2ccc(F)c(N)c2)c1O. The topological polar surface area (TPSA) is 75.4 Å². The predicted molar refractivity (Wildman–Crippen MR) is 71.6 cm³/mol. The number of phenolic OH excluding ortho intramolecular Hbond substituents is 1. The molecule has 0 heterocycles. The maximum atomic E-state index is 13.0. The van der Waals surface area contributed by atoms with E-state index in [-0.39, 0.29) is 17.0 Å². The number of benzene rings is 2. The minimum Gasteiger partial charge on any atom is -0.507 e. The van der Waals surface area contributed by atoms with E-state index in [1.54, 1.807) is 19.1 Å². The molecule has 2 aromatic rings. The minimum absolute atomic E-state index is 0.0498. The van der Waals surface area contributed by atoms with Gasteiger partial charge in [0.05, 0.1) is 11.3 Å². The third-order valence-corrected chi connectivity index (χ3v) is 2.74. The molecule has 0 aromatic heterocycles. The van der Waals surface area contributed by atoms with E-state index in [1.807, 2.05) is 0 Å². The van der Waals surface area contributed by atoms with Gasteiger partial charge in [0.1, 0.15) is 11.6 Å². The van der Waals surface area contributed by atoms with Crippen LogP contribution in [-0.2, 0) is 0 Å². The number of nitrogens with two attached hydrogens (primary N) is 1. The molecule has 0 saturated carbocycles. The summed E-state index contributed by atoms with van der Waals surface area (Å²) >= 11 is 0. The Labute approximate surface area is 109 Å². The van der Waals surface area contributed by atoms with Crippen molar-refractivity contribution in [2.45, 2.75) is 6.92 Å². The highest BCUT2D eigenvalue weighted by atomic mass is 19.1. The molecule has 0 saturated heterocycles. The molecule has 5 heteroatoms. The van der Waals surface area contributed by atoms with Crippen LogP contribution in [0.25, 0.3) is 0 Å². The average Bonchev–Trinajstić information content (AvgIpc) is 2.37. The Morgan fingerprint density at radius 3 is 2.74 bits per heavy atom. The van der Waals surface area contributed by atoms with Crippen LogP contribution in [-0.4, -0.2) is 11.0 Å². The molecule has 0 bridgehead atoms. The van der Waals surface area contributed by atoms with Gasteiger partial charge in [-0.05, 0) is 36.8 Å². The fourth-order valence-corrected chi connectivity index (χ4v) is 1.66. The fourth-order valence-electron chi connectivity index (χ4n) is 1.66. The molecule has 0 atom stereocenters. The molecule has 0 aliphatic heterocycles. The second-order valence-electron chi connectivity index (χ2n) is 4.16. The van der Waals surface area contributed by atoms with Gasteiger partial charge in [0, 0.05) is 5.69 Å². The van der Waals surface area contributed by atoms with Gasteiger partial charge in [-0.15, -0.1) is 0 Å². The van der Waals surface area contributed by atoms with E-state index in [4.69, 9.17) is 5.73 Å². The second-order valence-corrected chi connectivity index (χ2v) is 4.16. The van der Waals surface area contributed by atoms with Crippen LogP contribution >= 0.6 is 0 Å². The number of rotatable bonds is 2. The van der Waals surface area contributed by atoms with Gasteiger partial charge in [0.25, 0.3) is 5.91 Å². The molecule has 98 valence electrons. The van der Waals surface area contributed by atoms with Crippen molar-refractivity contribution in [1.29, 1.82) is 0 Å². The van der Waals surface area contributed by atoms with Crippen LogP contribution in [0.2, 0.25) is 0 Å². The van der Waals surface area contributed by atoms with Crippen molar-refractivity contribution in [3.8, 4) is 5.75 Å². The molecule has 4 N–H and O–H groups in total. The first-order valence-corrected chi connectivity index (χ1v) is 5.64. The average molecular weight is 260 g/mol. The number of carbonyl (C=O) groups is 1. The van der Waals surface area contributed by atoms with Gasteiger partial charge >= 0.3 is 0 Å². The molecule has 4 nitrogen and oxygen atoms in total. The number of amides is 1. The van der Waals surface area contributed by atoms with E-state index in [1.165, 1.54) is 24.3 Å². The van der Waals surface area contributed by atoms with Crippen LogP contribution in [0.15, 0.2) is 36.4 Å². The van der Waals surface area contributed by atoms with Crippen molar-refractivity contribution in [1.82, 2.24) is 0 Å². The lowest BCUT2D eigenvalue weighted by molar-refractivity contribution is 0.102. The zero-order chi connectivity index (χ0) is 14.0. The molecule has 0 fully saturated rings. The zero-order valence-electron chi connectivity index (χ0n) is 10.3. The van der Waals surface area contributed by atoms with Gasteiger partial charge in [-0.1, -0.05) is 12.1 Å². The van der Waals surface area contributed by atoms with E-state index in [9.17, 15) is 14.3 Å². The summed E-state index contributed by atoms with van der Waals surface area (Å²) in [4.78, 5) is 12.0. The molecular weight excluding hydrogens is 247 g/mol. The molecule has 2 rings (SSSR count). The van der Waals surface area contributed by atoms with E-state index >= 15 is 0 Å². The fraction of sp³-hybridized carbons (Fsp3) is 0.0714. The summed E-state index contributed by atoms with van der Waals surface area (Å²) in [5, 5.41) is 12.3. The molecule has 0 aliphatic rings. The molecule has 0 unspecified atom stereocenters. The largest absolute Gasteiger partial charge is 0.507 e. The lowest BCUT2D eigenvalue weighted by atomic mass is 10.1. The molecular formula is C14H13FN2O2. The van der Waals surface area contributed by atoms with Gasteiger partial charge in [0.2, 0.25) is 0 Å². The number of aryl methyl sites for hydroxylation is 1. The first kappa shape index (κ1) is 12.9. The number of hydrogen-bond acceptors (Lipinski definition) is 3. The first-order chi connectivity index (χ1) is 8.99. The third kappa shape index (κ3) is 2.65. The number of anilines is 2. The third-order valence-electron chi connectivity index (χ3n) is 2.74. The molecule has 19 heavy (non-hydrogen) atoms. The minimum atomic E-state index is -0.545. The highest BCUT2D eigenvalue weighted by Crippen LogP contribution is 2.23. The number of aromatic hydroxyl groups is 1. The van der Waals surface area contributed by atoms with E-state index in [0.29, 0.717) is 11.3 Å². The lowest BCUT2D eigenvalue weighted by Gasteiger charge is -2.09. The van der Waals surface area contributed by atoms with Gasteiger partial charge in [-0.2, -0.15) is 0 Å². The van der Waals surface area contributed by atoms with Crippen LogP contribution < -0.4 is 11.1 Å². The Hall–Kier alpha value is -2.56.